The molecule has 42 heavy (non-hydrogen) atoms. The van der Waals surface area contributed by atoms with Gasteiger partial charge in [0.15, 0.2) is 0 Å². The number of allylic oxidation sites excluding steroid dienone is 1. The number of hydrogen-bond donors (Lipinski definition) is 1. The third kappa shape index (κ3) is 6.04. The molecule has 2 heterocycles. The maximum Gasteiger partial charge on any atom is 0.348 e. The predicted octanol–water partition coefficient (Wildman–Crippen LogP) is 7.92. The van der Waals surface area contributed by atoms with Crippen LogP contribution < -0.4 is 19.5 Å². The van der Waals surface area contributed by atoms with Crippen LogP contribution in [0.5, 0.6) is 17.2 Å². The monoisotopic (exact) mass is 583 g/mol. The van der Waals surface area contributed by atoms with E-state index in [0.29, 0.717) is 27.7 Å². The Hall–Kier alpha value is -4.56. The summed E-state index contributed by atoms with van der Waals surface area (Å²) in [5.41, 5.74) is 5.64. The highest BCUT2D eigenvalue weighted by atomic mass is 32.1. The van der Waals surface area contributed by atoms with E-state index in [0.717, 1.165) is 38.4 Å². The van der Waals surface area contributed by atoms with Crippen LogP contribution in [0.1, 0.15) is 56.8 Å². The molecule has 0 amide bonds. The molecule has 0 aliphatic carbocycles. The number of esters is 2. The quantitative estimate of drug-likeness (QED) is 0.167. The smallest absolute Gasteiger partial charge is 0.348 e. The minimum atomic E-state index is -0.511. The molecular weight excluding hydrogens is 550 g/mol. The van der Waals surface area contributed by atoms with Crippen molar-refractivity contribution in [1.29, 1.82) is 0 Å². The molecule has 0 atom stereocenters. The highest BCUT2D eigenvalue weighted by Crippen LogP contribution is 2.43. The van der Waals surface area contributed by atoms with Crippen molar-refractivity contribution in [3.8, 4) is 28.4 Å². The molecule has 7 nitrogen and oxygen atoms in total. The molecule has 1 aliphatic rings. The average molecular weight is 584 g/mol. The summed E-state index contributed by atoms with van der Waals surface area (Å²) in [5.74, 6) is 0.534. The number of rotatable bonds is 8. The van der Waals surface area contributed by atoms with Crippen molar-refractivity contribution >= 4 is 34.5 Å². The maximum atomic E-state index is 12.9. The van der Waals surface area contributed by atoms with E-state index in [1.807, 2.05) is 31.2 Å². The van der Waals surface area contributed by atoms with Gasteiger partial charge < -0.3 is 24.3 Å². The third-order valence-corrected chi connectivity index (χ3v) is 7.99. The Balaban J connectivity index is 1.52. The summed E-state index contributed by atoms with van der Waals surface area (Å²) in [7, 11) is 3.11. The Morgan fingerprint density at radius 3 is 2.36 bits per heavy atom. The van der Waals surface area contributed by atoms with E-state index in [9.17, 15) is 9.59 Å². The Morgan fingerprint density at radius 1 is 0.857 bits per heavy atom. The first-order valence-electron chi connectivity index (χ1n) is 13.5. The number of methoxy groups -OCH3 is 2. The van der Waals surface area contributed by atoms with Gasteiger partial charge in [-0.1, -0.05) is 18.2 Å². The molecule has 0 fully saturated rings. The molecule has 0 saturated heterocycles. The Morgan fingerprint density at radius 2 is 1.64 bits per heavy atom. The molecule has 0 bridgehead atoms. The first-order valence-corrected chi connectivity index (χ1v) is 14.3. The van der Waals surface area contributed by atoms with Crippen LogP contribution in [-0.4, -0.2) is 31.7 Å². The van der Waals surface area contributed by atoms with Crippen LogP contribution in [0.2, 0.25) is 0 Å². The van der Waals surface area contributed by atoms with Gasteiger partial charge in [0.05, 0.1) is 25.3 Å². The summed E-state index contributed by atoms with van der Waals surface area (Å²) in [5, 5.41) is 3.58. The van der Waals surface area contributed by atoms with Crippen LogP contribution in [-0.2, 0) is 11.3 Å². The van der Waals surface area contributed by atoms with Crippen molar-refractivity contribution in [2.75, 3.05) is 19.5 Å². The van der Waals surface area contributed by atoms with Crippen molar-refractivity contribution < 1.29 is 28.5 Å². The van der Waals surface area contributed by atoms with Gasteiger partial charge in [-0.15, -0.1) is 11.3 Å². The number of hydrogen-bond acceptors (Lipinski definition) is 8. The molecule has 0 unspecified atom stereocenters. The lowest BCUT2D eigenvalue weighted by Gasteiger charge is -2.33. The molecule has 4 aromatic rings. The van der Waals surface area contributed by atoms with Crippen LogP contribution in [0.3, 0.4) is 0 Å². The van der Waals surface area contributed by atoms with Gasteiger partial charge in [-0.2, -0.15) is 0 Å². The minimum absolute atomic E-state index is 0.0668. The number of carbonyl (C=O) groups excluding carboxylic acids is 2. The van der Waals surface area contributed by atoms with Gasteiger partial charge in [0.2, 0.25) is 0 Å². The minimum Gasteiger partial charge on any atom is -0.497 e. The van der Waals surface area contributed by atoms with Crippen LogP contribution in [0.25, 0.3) is 16.7 Å². The third-order valence-electron chi connectivity index (χ3n) is 7.01. The number of anilines is 1. The van der Waals surface area contributed by atoms with Crippen molar-refractivity contribution in [1.82, 2.24) is 0 Å². The van der Waals surface area contributed by atoms with E-state index in [1.165, 1.54) is 11.3 Å². The number of fused-ring (bicyclic) bond motifs is 1. The first-order chi connectivity index (χ1) is 20.1. The largest absolute Gasteiger partial charge is 0.497 e. The van der Waals surface area contributed by atoms with Gasteiger partial charge in [-0.25, -0.2) is 9.59 Å². The molecular formula is C34H33NO6S. The number of aryl methyl sites for hydroxylation is 1. The molecule has 1 N–H and O–H groups in total. The lowest BCUT2D eigenvalue weighted by Crippen LogP contribution is -2.32. The summed E-state index contributed by atoms with van der Waals surface area (Å²) < 4.78 is 22.5. The van der Waals surface area contributed by atoms with E-state index in [-0.39, 0.29) is 18.1 Å². The van der Waals surface area contributed by atoms with Crippen molar-refractivity contribution in [2.24, 2.45) is 0 Å². The molecule has 1 aliphatic heterocycles. The molecule has 0 radical (unpaired) electrons. The van der Waals surface area contributed by atoms with E-state index in [2.05, 4.69) is 32.2 Å². The van der Waals surface area contributed by atoms with Crippen molar-refractivity contribution in [3.05, 3.63) is 99.3 Å². The zero-order valence-corrected chi connectivity index (χ0v) is 25.3. The fraction of sp³-hybridized carbons (Fsp3) is 0.235. The number of carbonyl (C=O) groups is 2. The molecule has 3 aromatic carbocycles. The lowest BCUT2D eigenvalue weighted by atomic mass is 9.85. The van der Waals surface area contributed by atoms with Crippen LogP contribution in [0, 0.1) is 6.92 Å². The van der Waals surface area contributed by atoms with Crippen LogP contribution >= 0.6 is 11.3 Å². The molecule has 0 spiro atoms. The Kier molecular flexibility index (Phi) is 8.09. The first kappa shape index (κ1) is 29.0. The number of nitrogens with one attached hydrogen (secondary N) is 1. The fourth-order valence-corrected chi connectivity index (χ4v) is 5.99. The number of benzene rings is 3. The standard InChI is InChI=1S/C34H33NO6S/c1-20-18-34(3,4)35-28-14-13-25(27(31(20)28)19-40-33(37)30-15-10-21(2)42-30)26-12-11-24(17-29(26)39-6)41-32(36)22-8-7-9-23(16-22)38-5/h7-18,35H,19H2,1-6H3. The molecule has 216 valence electrons. The second-order valence-electron chi connectivity index (χ2n) is 10.7. The summed E-state index contributed by atoms with van der Waals surface area (Å²) in [4.78, 5) is 27.4. The zero-order chi connectivity index (χ0) is 30.0. The Bertz CT molecular complexity index is 1700. The van der Waals surface area contributed by atoms with E-state index < -0.39 is 5.97 Å². The van der Waals surface area contributed by atoms with Crippen molar-refractivity contribution in [2.45, 2.75) is 39.8 Å². The van der Waals surface area contributed by atoms with Crippen LogP contribution in [0.4, 0.5) is 5.69 Å². The number of ether oxygens (including phenoxy) is 4. The second-order valence-corrected chi connectivity index (χ2v) is 11.9. The van der Waals surface area contributed by atoms with Crippen LogP contribution in [0.15, 0.2) is 72.8 Å². The second kappa shape index (κ2) is 11.7. The number of thiophene rings is 1. The zero-order valence-electron chi connectivity index (χ0n) is 24.5. The van der Waals surface area contributed by atoms with Gasteiger partial charge >= 0.3 is 11.9 Å². The average Bonchev–Trinajstić information content (AvgIpc) is 3.41. The summed E-state index contributed by atoms with van der Waals surface area (Å²) >= 11 is 1.41. The highest BCUT2D eigenvalue weighted by molar-refractivity contribution is 7.13. The van der Waals surface area contributed by atoms with Gasteiger partial charge in [0.25, 0.3) is 0 Å². The summed E-state index contributed by atoms with van der Waals surface area (Å²) in [6.45, 7) is 8.31. The van der Waals surface area contributed by atoms with Gasteiger partial charge in [0, 0.05) is 33.3 Å². The molecule has 8 heteroatoms. The molecule has 0 saturated carbocycles. The molecule has 5 rings (SSSR count). The maximum absolute atomic E-state index is 12.9. The fourth-order valence-electron chi connectivity index (χ4n) is 5.23. The lowest BCUT2D eigenvalue weighted by molar-refractivity contribution is 0.0478. The van der Waals surface area contributed by atoms with Gasteiger partial charge in [-0.3, -0.25) is 0 Å². The van der Waals surface area contributed by atoms with Gasteiger partial charge in [0.1, 0.15) is 28.7 Å². The van der Waals surface area contributed by atoms with Crippen molar-refractivity contribution in [3.63, 3.8) is 0 Å². The normalized spacial score (nSPS) is 13.3. The SMILES string of the molecule is COc1cccc(C(=O)Oc2ccc(-c3ccc4c(c3COC(=O)c3ccc(C)s3)C(C)=CC(C)(C)N4)c(OC)c2)c1. The summed E-state index contributed by atoms with van der Waals surface area (Å²) in [6, 6.07) is 19.8. The predicted molar refractivity (Wildman–Crippen MR) is 166 cm³/mol. The Labute approximate surface area is 249 Å². The highest BCUT2D eigenvalue weighted by Gasteiger charge is 2.27. The van der Waals surface area contributed by atoms with E-state index in [4.69, 9.17) is 18.9 Å². The molecule has 1 aromatic heterocycles. The van der Waals surface area contributed by atoms with Gasteiger partial charge in [-0.05, 0) is 87.4 Å². The topological polar surface area (TPSA) is 83.1 Å². The summed E-state index contributed by atoms with van der Waals surface area (Å²) in [6.07, 6.45) is 2.17. The van der Waals surface area contributed by atoms with E-state index >= 15 is 0 Å². The van der Waals surface area contributed by atoms with E-state index in [1.54, 1.807) is 56.7 Å².